The van der Waals surface area contributed by atoms with Gasteiger partial charge in [0.1, 0.15) is 0 Å². The average Bonchev–Trinajstić information content (AvgIpc) is 2.95. The Hall–Kier alpha value is -2.94. The number of fused-ring (bicyclic) bond motifs is 7. The molecule has 0 unspecified atom stereocenters. The molecular formula is C19H13N3. The van der Waals surface area contributed by atoms with Crippen LogP contribution in [0.5, 0.6) is 0 Å². The van der Waals surface area contributed by atoms with Gasteiger partial charge in [0.15, 0.2) is 0 Å². The van der Waals surface area contributed by atoms with E-state index in [1.54, 1.807) is 0 Å². The maximum atomic E-state index is 4.93. The molecule has 3 heteroatoms. The number of benzene rings is 2. The van der Waals surface area contributed by atoms with E-state index in [1.165, 1.54) is 5.39 Å². The van der Waals surface area contributed by atoms with Crippen molar-refractivity contribution in [3.05, 3.63) is 61.1 Å². The van der Waals surface area contributed by atoms with Crippen molar-refractivity contribution in [3.63, 3.8) is 0 Å². The van der Waals surface area contributed by atoms with Crippen molar-refractivity contribution in [2.75, 3.05) is 0 Å². The highest BCUT2D eigenvalue weighted by Crippen LogP contribution is 2.34. The number of hydrogen-bond acceptors (Lipinski definition) is 2. The highest BCUT2D eigenvalue weighted by Gasteiger charge is 2.12. The Balaban J connectivity index is 2.17. The van der Waals surface area contributed by atoms with Crippen LogP contribution in [-0.4, -0.2) is 14.5 Å². The summed E-state index contributed by atoms with van der Waals surface area (Å²) in [5, 5.41) is 5.81. The van der Waals surface area contributed by atoms with Gasteiger partial charge in [0.2, 0.25) is 0 Å². The Morgan fingerprint density at radius 1 is 0.818 bits per heavy atom. The van der Waals surface area contributed by atoms with Crippen molar-refractivity contribution < 1.29 is 0 Å². The molecule has 104 valence electrons. The summed E-state index contributed by atoms with van der Waals surface area (Å²) < 4.78 is 2.08. The van der Waals surface area contributed by atoms with E-state index in [0.29, 0.717) is 0 Å². The molecule has 0 bridgehead atoms. The average molecular weight is 283 g/mol. The fourth-order valence-electron chi connectivity index (χ4n) is 3.32. The number of rotatable bonds is 0. The van der Waals surface area contributed by atoms with Crippen LogP contribution in [0, 0.1) is 0 Å². The number of nitrogens with zero attached hydrogens (tertiary/aromatic N) is 3. The first-order valence-electron chi connectivity index (χ1n) is 7.33. The van der Waals surface area contributed by atoms with Gasteiger partial charge in [-0.15, -0.1) is 0 Å². The molecule has 5 rings (SSSR count). The van der Waals surface area contributed by atoms with Gasteiger partial charge in [-0.05, 0) is 18.2 Å². The highest BCUT2D eigenvalue weighted by molar-refractivity contribution is 6.24. The minimum Gasteiger partial charge on any atom is -0.356 e. The number of para-hydroxylation sites is 1. The molecule has 3 aromatic heterocycles. The second-order valence-electron chi connectivity index (χ2n) is 5.73. The predicted molar refractivity (Wildman–Crippen MR) is 91.0 cm³/mol. The lowest BCUT2D eigenvalue weighted by atomic mass is 10.0. The Morgan fingerprint density at radius 2 is 1.64 bits per heavy atom. The van der Waals surface area contributed by atoms with Crippen LogP contribution in [0.25, 0.3) is 43.5 Å². The smallest absolute Gasteiger partial charge is 0.0810 e. The van der Waals surface area contributed by atoms with Gasteiger partial charge >= 0.3 is 0 Å². The third-order valence-corrected chi connectivity index (χ3v) is 4.29. The highest BCUT2D eigenvalue weighted by atomic mass is 14.9. The number of aromatic nitrogens is 3. The molecule has 22 heavy (non-hydrogen) atoms. The normalized spacial score (nSPS) is 11.9. The van der Waals surface area contributed by atoms with Gasteiger partial charge in [0.05, 0.1) is 16.6 Å². The SMILES string of the molecule is Cn1cc2c(c1)c1nc3ccccc3cc1c1cccnc12. The first kappa shape index (κ1) is 11.7. The lowest BCUT2D eigenvalue weighted by Gasteiger charge is -2.07. The van der Waals surface area contributed by atoms with Gasteiger partial charge in [-0.3, -0.25) is 4.98 Å². The van der Waals surface area contributed by atoms with E-state index >= 15 is 0 Å². The van der Waals surface area contributed by atoms with E-state index < -0.39 is 0 Å². The first-order valence-corrected chi connectivity index (χ1v) is 7.33. The zero-order valence-electron chi connectivity index (χ0n) is 12.1. The molecule has 0 saturated carbocycles. The number of pyridine rings is 2. The fourth-order valence-corrected chi connectivity index (χ4v) is 3.32. The van der Waals surface area contributed by atoms with Crippen LogP contribution in [0.3, 0.4) is 0 Å². The van der Waals surface area contributed by atoms with E-state index in [-0.39, 0.29) is 0 Å². The van der Waals surface area contributed by atoms with E-state index in [4.69, 9.17) is 4.98 Å². The summed E-state index contributed by atoms with van der Waals surface area (Å²) >= 11 is 0. The minimum atomic E-state index is 1.03. The summed E-state index contributed by atoms with van der Waals surface area (Å²) in [4.78, 5) is 9.54. The fraction of sp³-hybridized carbons (Fsp3) is 0.0526. The molecule has 0 aliphatic rings. The van der Waals surface area contributed by atoms with E-state index in [1.807, 2.05) is 25.4 Å². The molecule has 0 radical (unpaired) electrons. The Kier molecular flexibility index (Phi) is 2.15. The van der Waals surface area contributed by atoms with Crippen LogP contribution in [0.15, 0.2) is 61.1 Å². The first-order chi connectivity index (χ1) is 10.8. The van der Waals surface area contributed by atoms with Crippen LogP contribution in [0.1, 0.15) is 0 Å². The molecule has 0 aliphatic heterocycles. The Bertz CT molecular complexity index is 1190. The molecular weight excluding hydrogens is 270 g/mol. The zero-order valence-corrected chi connectivity index (χ0v) is 12.1. The molecule has 0 aliphatic carbocycles. The van der Waals surface area contributed by atoms with Crippen LogP contribution in [-0.2, 0) is 7.05 Å². The molecule has 0 N–H and O–H groups in total. The van der Waals surface area contributed by atoms with Gasteiger partial charge < -0.3 is 4.57 Å². The lowest BCUT2D eigenvalue weighted by Crippen LogP contribution is -1.87. The molecule has 2 aromatic carbocycles. The molecule has 5 aromatic rings. The molecule has 3 heterocycles. The largest absolute Gasteiger partial charge is 0.356 e. The second-order valence-corrected chi connectivity index (χ2v) is 5.73. The van der Waals surface area contributed by atoms with Gasteiger partial charge in [-0.25, -0.2) is 4.98 Å². The molecule has 0 atom stereocenters. The van der Waals surface area contributed by atoms with E-state index in [9.17, 15) is 0 Å². The van der Waals surface area contributed by atoms with Crippen molar-refractivity contribution in [1.29, 1.82) is 0 Å². The minimum absolute atomic E-state index is 1.03. The van der Waals surface area contributed by atoms with Crippen LogP contribution < -0.4 is 0 Å². The lowest BCUT2D eigenvalue weighted by molar-refractivity contribution is 0.934. The maximum absolute atomic E-state index is 4.93. The monoisotopic (exact) mass is 283 g/mol. The van der Waals surface area contributed by atoms with Crippen molar-refractivity contribution >= 4 is 43.5 Å². The number of hydrogen-bond donors (Lipinski definition) is 0. The molecule has 0 spiro atoms. The summed E-state index contributed by atoms with van der Waals surface area (Å²) in [5.41, 5.74) is 3.13. The summed E-state index contributed by atoms with van der Waals surface area (Å²) in [6.45, 7) is 0. The third kappa shape index (κ3) is 1.45. The van der Waals surface area contributed by atoms with Crippen molar-refractivity contribution in [2.45, 2.75) is 0 Å². The summed E-state index contributed by atoms with van der Waals surface area (Å²) in [6.07, 6.45) is 6.11. The standard InChI is InChI=1S/C19H13N3/c1-22-10-15-16(11-22)19-14(13-6-4-8-20-18(13)15)9-12-5-2-3-7-17(12)21-19/h2-11H,1H3. The van der Waals surface area contributed by atoms with Crippen molar-refractivity contribution in [1.82, 2.24) is 14.5 Å². The topological polar surface area (TPSA) is 30.7 Å². The summed E-state index contributed by atoms with van der Waals surface area (Å²) in [5.74, 6) is 0. The predicted octanol–water partition coefficient (Wildman–Crippen LogP) is 4.43. The zero-order chi connectivity index (χ0) is 14.7. The van der Waals surface area contributed by atoms with Crippen LogP contribution in [0.2, 0.25) is 0 Å². The Labute approximate surface area is 126 Å². The van der Waals surface area contributed by atoms with Crippen molar-refractivity contribution in [3.8, 4) is 0 Å². The molecule has 0 amide bonds. The van der Waals surface area contributed by atoms with Crippen molar-refractivity contribution in [2.24, 2.45) is 7.05 Å². The van der Waals surface area contributed by atoms with E-state index in [2.05, 4.69) is 52.3 Å². The molecule has 3 nitrogen and oxygen atoms in total. The molecule has 0 saturated heterocycles. The van der Waals surface area contributed by atoms with Gasteiger partial charge in [0, 0.05) is 52.6 Å². The van der Waals surface area contributed by atoms with Crippen LogP contribution in [0.4, 0.5) is 0 Å². The summed E-state index contributed by atoms with van der Waals surface area (Å²) in [6, 6.07) is 14.6. The van der Waals surface area contributed by atoms with Crippen LogP contribution >= 0.6 is 0 Å². The quantitative estimate of drug-likeness (QED) is 0.311. The van der Waals surface area contributed by atoms with Gasteiger partial charge in [-0.2, -0.15) is 0 Å². The number of aryl methyl sites for hydroxylation is 1. The van der Waals surface area contributed by atoms with Gasteiger partial charge in [-0.1, -0.05) is 24.3 Å². The maximum Gasteiger partial charge on any atom is 0.0810 e. The Morgan fingerprint density at radius 3 is 2.55 bits per heavy atom. The summed E-state index contributed by atoms with van der Waals surface area (Å²) in [7, 11) is 2.04. The second kappa shape index (κ2) is 4.04. The van der Waals surface area contributed by atoms with Gasteiger partial charge in [0.25, 0.3) is 0 Å². The third-order valence-electron chi connectivity index (χ3n) is 4.29. The van der Waals surface area contributed by atoms with E-state index in [0.717, 1.165) is 38.1 Å². The molecule has 0 fully saturated rings.